The van der Waals surface area contributed by atoms with Crippen molar-refractivity contribution in [3.8, 4) is 0 Å². The molecule has 0 aromatic carbocycles. The first-order chi connectivity index (χ1) is 10.8. The normalized spacial score (nSPS) is 54.1. The molecule has 1 N–H and O–H groups in total. The number of ether oxygens (including phenoxy) is 5. The molecule has 4 bridgehead atoms. The number of epoxide rings is 1. The minimum Gasteiger partial charge on any atom is -0.390 e. The lowest BCUT2D eigenvalue weighted by molar-refractivity contribution is -0.0237. The Hall–Kier alpha value is -0.240. The van der Waals surface area contributed by atoms with Gasteiger partial charge in [0.05, 0.1) is 56.9 Å². The maximum Gasteiger partial charge on any atom is 0.113 e. The maximum absolute atomic E-state index is 9.80. The van der Waals surface area contributed by atoms with Crippen molar-refractivity contribution in [3.63, 3.8) is 0 Å². The van der Waals surface area contributed by atoms with Crippen molar-refractivity contribution >= 4 is 0 Å². The fourth-order valence-corrected chi connectivity index (χ4v) is 4.79. The second-order valence-electron chi connectivity index (χ2n) is 7.37. The van der Waals surface area contributed by atoms with Gasteiger partial charge in [-0.1, -0.05) is 0 Å². The van der Waals surface area contributed by atoms with E-state index in [1.165, 1.54) is 0 Å². The number of hydrogen-bond acceptors (Lipinski definition) is 6. The summed E-state index contributed by atoms with van der Waals surface area (Å²) in [7, 11) is 0. The minimum absolute atomic E-state index is 0.0106. The molecule has 6 nitrogen and oxygen atoms in total. The number of aliphatic hydroxyl groups excluding tert-OH is 1. The van der Waals surface area contributed by atoms with Crippen LogP contribution in [0.1, 0.15) is 19.3 Å². The molecule has 0 aliphatic carbocycles. The van der Waals surface area contributed by atoms with Crippen molar-refractivity contribution in [1.29, 1.82) is 0 Å². The molecule has 9 atom stereocenters. The van der Waals surface area contributed by atoms with Gasteiger partial charge in [-0.05, 0) is 12.8 Å². The molecule has 0 spiro atoms. The molecule has 0 aromatic rings. The summed E-state index contributed by atoms with van der Waals surface area (Å²) in [4.78, 5) is 0. The van der Waals surface area contributed by atoms with E-state index in [2.05, 4.69) is 0 Å². The van der Waals surface area contributed by atoms with E-state index >= 15 is 0 Å². The van der Waals surface area contributed by atoms with Gasteiger partial charge in [0.25, 0.3) is 0 Å². The van der Waals surface area contributed by atoms with E-state index in [0.29, 0.717) is 50.0 Å². The van der Waals surface area contributed by atoms with Crippen LogP contribution in [0.25, 0.3) is 0 Å². The van der Waals surface area contributed by atoms with Crippen molar-refractivity contribution in [2.45, 2.75) is 62.0 Å². The minimum atomic E-state index is -0.296. The SMILES string of the molecule is OC1CC2CC(COCCOCC3CC4OC3C3OC43)C1O2. The van der Waals surface area contributed by atoms with Crippen LogP contribution in [-0.4, -0.2) is 74.3 Å². The van der Waals surface area contributed by atoms with Gasteiger partial charge in [0.1, 0.15) is 12.2 Å². The number of aliphatic hydroxyl groups is 1. The Morgan fingerprint density at radius 3 is 2.18 bits per heavy atom. The van der Waals surface area contributed by atoms with Gasteiger partial charge in [-0.2, -0.15) is 0 Å². The predicted molar refractivity (Wildman–Crippen MR) is 74.5 cm³/mol. The third kappa shape index (κ3) is 2.32. The predicted octanol–water partition coefficient (Wildman–Crippen LogP) is 0.113. The molecule has 0 aromatic heterocycles. The van der Waals surface area contributed by atoms with Gasteiger partial charge in [-0.3, -0.25) is 0 Å². The van der Waals surface area contributed by atoms with Crippen LogP contribution < -0.4 is 0 Å². The van der Waals surface area contributed by atoms with Crippen molar-refractivity contribution in [1.82, 2.24) is 0 Å². The Morgan fingerprint density at radius 1 is 0.773 bits per heavy atom. The maximum atomic E-state index is 9.80. The van der Waals surface area contributed by atoms with Crippen LogP contribution in [0.3, 0.4) is 0 Å². The summed E-state index contributed by atoms with van der Waals surface area (Å²) in [6.07, 6.45) is 4.17. The second kappa shape index (κ2) is 5.40. The first-order valence-electron chi connectivity index (χ1n) is 8.59. The Bertz CT molecular complexity index is 417. The van der Waals surface area contributed by atoms with Crippen LogP contribution in [-0.2, 0) is 23.7 Å². The third-order valence-electron chi connectivity index (χ3n) is 5.88. The summed E-state index contributed by atoms with van der Waals surface area (Å²) in [6, 6.07) is 0. The lowest BCUT2D eigenvalue weighted by atomic mass is 9.88. The van der Waals surface area contributed by atoms with Crippen molar-refractivity contribution < 1.29 is 28.8 Å². The van der Waals surface area contributed by atoms with E-state index in [-0.39, 0.29) is 24.4 Å². The van der Waals surface area contributed by atoms with Crippen LogP contribution in [0.15, 0.2) is 0 Å². The van der Waals surface area contributed by atoms with Gasteiger partial charge in [-0.25, -0.2) is 0 Å². The number of rotatable bonds is 7. The molecule has 9 unspecified atom stereocenters. The standard InChI is InChI=1S/C16H24O6/c17-11-5-10-3-8(13(11)20-10)6-18-1-2-19-7-9-4-12-15-16(22-15)14(9)21-12/h8-17H,1-7H2. The highest BCUT2D eigenvalue weighted by Crippen LogP contribution is 2.50. The molecule has 5 saturated heterocycles. The van der Waals surface area contributed by atoms with Crippen LogP contribution in [0.5, 0.6) is 0 Å². The average Bonchev–Trinajstić information content (AvgIpc) is 2.83. The average molecular weight is 312 g/mol. The summed E-state index contributed by atoms with van der Waals surface area (Å²) in [5.41, 5.74) is 0. The Morgan fingerprint density at radius 2 is 1.55 bits per heavy atom. The molecule has 5 fully saturated rings. The molecule has 6 heteroatoms. The Kier molecular flexibility index (Phi) is 3.47. The molecule has 5 rings (SSSR count). The summed E-state index contributed by atoms with van der Waals surface area (Å²) in [5.74, 6) is 0.833. The zero-order valence-corrected chi connectivity index (χ0v) is 12.6. The van der Waals surface area contributed by atoms with Crippen LogP contribution in [0.4, 0.5) is 0 Å². The molecule has 5 aliphatic rings. The van der Waals surface area contributed by atoms with Gasteiger partial charge >= 0.3 is 0 Å². The van der Waals surface area contributed by atoms with Crippen molar-refractivity contribution in [2.24, 2.45) is 11.8 Å². The van der Waals surface area contributed by atoms with Gasteiger partial charge in [0.2, 0.25) is 0 Å². The highest BCUT2D eigenvalue weighted by atomic mass is 16.7. The lowest BCUT2D eigenvalue weighted by Crippen LogP contribution is -2.33. The monoisotopic (exact) mass is 312 g/mol. The van der Waals surface area contributed by atoms with Crippen LogP contribution in [0, 0.1) is 11.8 Å². The highest BCUT2D eigenvalue weighted by Gasteiger charge is 2.64. The third-order valence-corrected chi connectivity index (χ3v) is 5.88. The van der Waals surface area contributed by atoms with Gasteiger partial charge < -0.3 is 28.8 Å². The molecular formula is C16H24O6. The first-order valence-corrected chi connectivity index (χ1v) is 8.59. The van der Waals surface area contributed by atoms with Crippen molar-refractivity contribution in [3.05, 3.63) is 0 Å². The zero-order chi connectivity index (χ0) is 14.7. The molecule has 0 radical (unpaired) electrons. The van der Waals surface area contributed by atoms with Crippen molar-refractivity contribution in [2.75, 3.05) is 26.4 Å². The van der Waals surface area contributed by atoms with E-state index < -0.39 is 0 Å². The molecule has 0 amide bonds. The number of fused-ring (bicyclic) bond motifs is 7. The fourth-order valence-electron chi connectivity index (χ4n) is 4.79. The molecule has 0 saturated carbocycles. The topological polar surface area (TPSA) is 69.7 Å². The van der Waals surface area contributed by atoms with Gasteiger partial charge in [0.15, 0.2) is 0 Å². The van der Waals surface area contributed by atoms with E-state index in [4.69, 9.17) is 23.7 Å². The largest absolute Gasteiger partial charge is 0.390 e. The molecule has 124 valence electrons. The first kappa shape index (κ1) is 14.1. The lowest BCUT2D eigenvalue weighted by Gasteiger charge is -2.22. The smallest absolute Gasteiger partial charge is 0.113 e. The van der Waals surface area contributed by atoms with Gasteiger partial charge in [-0.15, -0.1) is 0 Å². The highest BCUT2D eigenvalue weighted by molar-refractivity contribution is 5.11. The van der Waals surface area contributed by atoms with E-state index in [1.54, 1.807) is 0 Å². The Labute approximate surface area is 130 Å². The summed E-state index contributed by atoms with van der Waals surface area (Å²) in [5, 5.41) is 9.80. The van der Waals surface area contributed by atoms with Crippen LogP contribution in [0.2, 0.25) is 0 Å². The quantitative estimate of drug-likeness (QED) is 0.532. The fraction of sp³-hybridized carbons (Fsp3) is 1.00. The summed E-state index contributed by atoms with van der Waals surface area (Å²) in [6.45, 7) is 2.63. The molecule has 5 aliphatic heterocycles. The Balaban J connectivity index is 0.962. The number of hydrogen-bond donors (Lipinski definition) is 1. The van der Waals surface area contributed by atoms with E-state index in [1.807, 2.05) is 0 Å². The van der Waals surface area contributed by atoms with Gasteiger partial charge in [0, 0.05) is 18.3 Å². The van der Waals surface area contributed by atoms with E-state index in [0.717, 1.165) is 25.9 Å². The zero-order valence-electron chi connectivity index (χ0n) is 12.6. The summed E-state index contributed by atoms with van der Waals surface area (Å²) >= 11 is 0. The molecule has 5 heterocycles. The van der Waals surface area contributed by atoms with E-state index in [9.17, 15) is 5.11 Å². The van der Waals surface area contributed by atoms with Crippen LogP contribution >= 0.6 is 0 Å². The molecular weight excluding hydrogens is 288 g/mol. The summed E-state index contributed by atoms with van der Waals surface area (Å²) < 4.78 is 28.6. The second-order valence-corrected chi connectivity index (χ2v) is 7.37. The molecule has 22 heavy (non-hydrogen) atoms.